The Labute approximate surface area is 111 Å². The molecule has 4 heteroatoms. The van der Waals surface area contributed by atoms with Crippen molar-refractivity contribution in [2.24, 2.45) is 5.92 Å². The lowest BCUT2D eigenvalue weighted by atomic mass is 9.92. The molecule has 0 amide bonds. The van der Waals surface area contributed by atoms with E-state index in [9.17, 15) is 9.90 Å². The number of carbonyl (C=O) groups is 1. The molecule has 0 aliphatic carbocycles. The number of carboxylic acid groups (broad SMARTS) is 1. The summed E-state index contributed by atoms with van der Waals surface area (Å²) in [5.41, 5.74) is -0.810. The van der Waals surface area contributed by atoms with Gasteiger partial charge in [-0.1, -0.05) is 20.3 Å². The molecule has 0 radical (unpaired) electrons. The molecule has 1 aliphatic rings. The molecule has 106 valence electrons. The molecule has 1 heterocycles. The molecular weight excluding hydrogens is 228 g/mol. The molecule has 4 nitrogen and oxygen atoms in total. The fraction of sp³-hybridized carbons (Fsp3) is 0.929. The number of nitrogens with zero attached hydrogens (tertiary/aromatic N) is 1. The normalized spacial score (nSPS) is 21.7. The van der Waals surface area contributed by atoms with Crippen molar-refractivity contribution in [1.29, 1.82) is 0 Å². The van der Waals surface area contributed by atoms with Gasteiger partial charge in [0.25, 0.3) is 0 Å². The van der Waals surface area contributed by atoms with Crippen LogP contribution in [0.5, 0.6) is 0 Å². The lowest BCUT2D eigenvalue weighted by Crippen LogP contribution is -2.58. The van der Waals surface area contributed by atoms with Crippen LogP contribution in [-0.2, 0) is 4.79 Å². The van der Waals surface area contributed by atoms with Crippen LogP contribution >= 0.6 is 0 Å². The van der Waals surface area contributed by atoms with E-state index >= 15 is 0 Å². The van der Waals surface area contributed by atoms with Crippen LogP contribution in [0.25, 0.3) is 0 Å². The number of likely N-dealkylation sites (tertiary alicyclic amines) is 1. The number of carboxylic acids is 1. The van der Waals surface area contributed by atoms with Crippen molar-refractivity contribution in [3.63, 3.8) is 0 Å². The first-order chi connectivity index (χ1) is 8.51. The van der Waals surface area contributed by atoms with Crippen molar-refractivity contribution in [3.8, 4) is 0 Å². The van der Waals surface area contributed by atoms with Gasteiger partial charge in [-0.25, -0.2) is 0 Å². The Morgan fingerprint density at radius 1 is 1.39 bits per heavy atom. The Hall–Kier alpha value is -0.610. The first-order valence-electron chi connectivity index (χ1n) is 7.22. The second kappa shape index (κ2) is 7.10. The van der Waals surface area contributed by atoms with Gasteiger partial charge in [0, 0.05) is 6.54 Å². The van der Waals surface area contributed by atoms with E-state index in [1.807, 2.05) is 0 Å². The smallest absolute Gasteiger partial charge is 0.324 e. The van der Waals surface area contributed by atoms with Crippen molar-refractivity contribution in [3.05, 3.63) is 0 Å². The Kier molecular flexibility index (Phi) is 6.09. The highest BCUT2D eigenvalue weighted by atomic mass is 16.4. The van der Waals surface area contributed by atoms with Gasteiger partial charge in [0.2, 0.25) is 0 Å². The van der Waals surface area contributed by atoms with E-state index in [1.165, 1.54) is 19.3 Å². The Bertz CT molecular complexity index is 263. The van der Waals surface area contributed by atoms with Crippen molar-refractivity contribution < 1.29 is 9.90 Å². The Balaban J connectivity index is 2.49. The molecular formula is C14H28N2O2. The third-order valence-electron chi connectivity index (χ3n) is 4.06. The van der Waals surface area contributed by atoms with Crippen molar-refractivity contribution in [2.75, 3.05) is 26.2 Å². The molecule has 0 aromatic heterocycles. The summed E-state index contributed by atoms with van der Waals surface area (Å²) in [5.74, 6) is 0.0921. The summed E-state index contributed by atoms with van der Waals surface area (Å²) in [7, 11) is 0. The second-order valence-electron chi connectivity index (χ2n) is 5.69. The number of piperidine rings is 1. The van der Waals surface area contributed by atoms with Gasteiger partial charge in [0.1, 0.15) is 5.54 Å². The van der Waals surface area contributed by atoms with E-state index < -0.39 is 11.5 Å². The number of rotatable bonds is 7. The summed E-state index contributed by atoms with van der Waals surface area (Å²) in [6, 6.07) is 0. The highest BCUT2D eigenvalue weighted by Gasteiger charge is 2.35. The summed E-state index contributed by atoms with van der Waals surface area (Å²) in [6.45, 7) is 9.54. The zero-order valence-electron chi connectivity index (χ0n) is 12.0. The van der Waals surface area contributed by atoms with Gasteiger partial charge in [0.05, 0.1) is 0 Å². The van der Waals surface area contributed by atoms with Gasteiger partial charge in [-0.15, -0.1) is 0 Å². The minimum Gasteiger partial charge on any atom is -0.480 e. The van der Waals surface area contributed by atoms with Crippen LogP contribution in [0.1, 0.15) is 46.5 Å². The molecule has 1 fully saturated rings. The van der Waals surface area contributed by atoms with Crippen molar-refractivity contribution >= 4 is 5.97 Å². The van der Waals surface area contributed by atoms with Crippen LogP contribution in [-0.4, -0.2) is 47.7 Å². The zero-order chi connectivity index (χ0) is 13.6. The SMILES string of the molecule is CCCNC(C)(CN1CCC(CC)CC1)C(=O)O. The van der Waals surface area contributed by atoms with Crippen LogP contribution < -0.4 is 5.32 Å². The Morgan fingerprint density at radius 2 is 2.00 bits per heavy atom. The lowest BCUT2D eigenvalue weighted by Gasteiger charge is -2.37. The van der Waals surface area contributed by atoms with E-state index in [0.29, 0.717) is 6.54 Å². The van der Waals surface area contributed by atoms with Crippen molar-refractivity contribution in [1.82, 2.24) is 10.2 Å². The van der Waals surface area contributed by atoms with Crippen molar-refractivity contribution in [2.45, 2.75) is 52.0 Å². The Morgan fingerprint density at radius 3 is 2.44 bits per heavy atom. The summed E-state index contributed by atoms with van der Waals surface area (Å²) < 4.78 is 0. The molecule has 0 aromatic rings. The minimum absolute atomic E-state index is 0.610. The predicted octanol–water partition coefficient (Wildman–Crippen LogP) is 1.95. The fourth-order valence-electron chi connectivity index (χ4n) is 2.60. The number of hydrogen-bond donors (Lipinski definition) is 2. The van der Waals surface area contributed by atoms with Gasteiger partial charge >= 0.3 is 5.97 Å². The van der Waals surface area contributed by atoms with Gasteiger partial charge in [-0.3, -0.25) is 4.79 Å². The number of nitrogens with one attached hydrogen (secondary N) is 1. The molecule has 1 unspecified atom stereocenters. The molecule has 1 aliphatic heterocycles. The van der Waals surface area contributed by atoms with Gasteiger partial charge in [-0.05, 0) is 51.7 Å². The molecule has 0 aromatic carbocycles. The molecule has 1 rings (SSSR count). The van der Waals surface area contributed by atoms with E-state index in [2.05, 4.69) is 24.1 Å². The molecule has 1 atom stereocenters. The first kappa shape index (κ1) is 15.4. The standard InChI is InChI=1S/C14H28N2O2/c1-4-8-15-14(3,13(17)18)11-16-9-6-12(5-2)7-10-16/h12,15H,4-11H2,1-3H3,(H,17,18). The number of aliphatic carboxylic acids is 1. The minimum atomic E-state index is -0.810. The summed E-state index contributed by atoms with van der Waals surface area (Å²) in [4.78, 5) is 13.7. The third-order valence-corrected chi connectivity index (χ3v) is 4.06. The quantitative estimate of drug-likeness (QED) is 0.731. The van der Waals surface area contributed by atoms with E-state index in [0.717, 1.165) is 32.0 Å². The molecule has 2 N–H and O–H groups in total. The first-order valence-corrected chi connectivity index (χ1v) is 7.22. The zero-order valence-corrected chi connectivity index (χ0v) is 12.0. The monoisotopic (exact) mass is 256 g/mol. The predicted molar refractivity (Wildman–Crippen MR) is 73.8 cm³/mol. The molecule has 0 saturated carbocycles. The van der Waals surface area contributed by atoms with Crippen LogP contribution in [0.15, 0.2) is 0 Å². The van der Waals surface area contributed by atoms with Gasteiger partial charge < -0.3 is 15.3 Å². The van der Waals surface area contributed by atoms with Gasteiger partial charge in [0.15, 0.2) is 0 Å². The highest BCUT2D eigenvalue weighted by Crippen LogP contribution is 2.21. The largest absolute Gasteiger partial charge is 0.480 e. The lowest BCUT2D eigenvalue weighted by molar-refractivity contribution is -0.145. The van der Waals surface area contributed by atoms with Crippen LogP contribution in [0.4, 0.5) is 0 Å². The maximum absolute atomic E-state index is 11.4. The average molecular weight is 256 g/mol. The summed E-state index contributed by atoms with van der Waals surface area (Å²) >= 11 is 0. The van der Waals surface area contributed by atoms with Crippen LogP contribution in [0.3, 0.4) is 0 Å². The maximum Gasteiger partial charge on any atom is 0.324 e. The van der Waals surface area contributed by atoms with E-state index in [1.54, 1.807) is 6.92 Å². The third kappa shape index (κ3) is 4.25. The second-order valence-corrected chi connectivity index (χ2v) is 5.69. The topological polar surface area (TPSA) is 52.6 Å². The van der Waals surface area contributed by atoms with Crippen LogP contribution in [0.2, 0.25) is 0 Å². The summed E-state index contributed by atoms with van der Waals surface area (Å²) in [5, 5.41) is 12.6. The molecule has 1 saturated heterocycles. The van der Waals surface area contributed by atoms with Crippen LogP contribution in [0, 0.1) is 5.92 Å². The fourth-order valence-corrected chi connectivity index (χ4v) is 2.60. The average Bonchev–Trinajstić information content (AvgIpc) is 2.37. The van der Waals surface area contributed by atoms with Gasteiger partial charge in [-0.2, -0.15) is 0 Å². The van der Waals surface area contributed by atoms with E-state index in [-0.39, 0.29) is 0 Å². The maximum atomic E-state index is 11.4. The summed E-state index contributed by atoms with van der Waals surface area (Å²) in [6.07, 6.45) is 4.62. The highest BCUT2D eigenvalue weighted by molar-refractivity contribution is 5.78. The van der Waals surface area contributed by atoms with E-state index in [4.69, 9.17) is 0 Å². The molecule has 0 spiro atoms. The molecule has 18 heavy (non-hydrogen) atoms. The molecule has 0 bridgehead atoms. The number of hydrogen-bond acceptors (Lipinski definition) is 3.